The number of nitrogens with two attached hydrogens (primary N) is 1. The molecule has 0 aromatic carbocycles. The van der Waals surface area contributed by atoms with Crippen molar-refractivity contribution in [1.82, 2.24) is 9.80 Å². The van der Waals surface area contributed by atoms with Crippen molar-refractivity contribution < 1.29 is 4.74 Å². The summed E-state index contributed by atoms with van der Waals surface area (Å²) >= 11 is 0. The Morgan fingerprint density at radius 2 is 2.00 bits per heavy atom. The predicted molar refractivity (Wildman–Crippen MR) is 70.0 cm³/mol. The fraction of sp³-hybridized carbons (Fsp3) is 1.00. The van der Waals surface area contributed by atoms with Crippen LogP contribution in [0.4, 0.5) is 0 Å². The first-order valence-electron chi connectivity index (χ1n) is 6.71. The molecular weight excluding hydrogens is 214 g/mol. The molecule has 4 nitrogen and oxygen atoms in total. The van der Waals surface area contributed by atoms with E-state index in [1.54, 1.807) is 7.11 Å². The van der Waals surface area contributed by atoms with Crippen molar-refractivity contribution in [2.45, 2.75) is 31.5 Å². The summed E-state index contributed by atoms with van der Waals surface area (Å²) in [4.78, 5) is 4.95. The van der Waals surface area contributed by atoms with Gasteiger partial charge >= 0.3 is 0 Å². The van der Waals surface area contributed by atoms with Crippen molar-refractivity contribution >= 4 is 0 Å². The van der Waals surface area contributed by atoms with E-state index >= 15 is 0 Å². The molecule has 2 fully saturated rings. The van der Waals surface area contributed by atoms with Gasteiger partial charge < -0.3 is 20.3 Å². The minimum absolute atomic E-state index is 0.123. The number of hydrogen-bond donors (Lipinski definition) is 1. The standard InChI is InChI=1S/C13H27N3O/c1-9(14)12(17-4)5-6-16(3)13-10-7-15(2)8-11(10)13/h9-13H,5-8,14H2,1-4H3/t9?,10-,11+,12-,13+/m1/s1. The number of piperidine rings is 1. The number of likely N-dealkylation sites (tertiary alicyclic amines) is 1. The minimum atomic E-state index is 0.123. The average Bonchev–Trinajstić information content (AvgIpc) is 2.77. The van der Waals surface area contributed by atoms with E-state index in [2.05, 4.69) is 23.9 Å². The molecule has 0 aromatic rings. The fourth-order valence-electron chi connectivity index (χ4n) is 3.43. The van der Waals surface area contributed by atoms with Crippen LogP contribution in [-0.2, 0) is 4.74 Å². The molecule has 5 atom stereocenters. The summed E-state index contributed by atoms with van der Waals surface area (Å²) in [7, 11) is 6.23. The molecule has 17 heavy (non-hydrogen) atoms. The van der Waals surface area contributed by atoms with Crippen molar-refractivity contribution in [2.24, 2.45) is 17.6 Å². The Morgan fingerprint density at radius 1 is 1.41 bits per heavy atom. The highest BCUT2D eigenvalue weighted by Crippen LogP contribution is 2.47. The summed E-state index contributed by atoms with van der Waals surface area (Å²) in [5, 5.41) is 0. The molecule has 1 aliphatic carbocycles. The van der Waals surface area contributed by atoms with Crippen molar-refractivity contribution in [2.75, 3.05) is 40.8 Å². The second kappa shape index (κ2) is 5.22. The lowest BCUT2D eigenvalue weighted by atomic mass is 10.1. The van der Waals surface area contributed by atoms with E-state index in [1.807, 2.05) is 6.92 Å². The molecule has 4 heteroatoms. The third-order valence-electron chi connectivity index (χ3n) is 4.50. The van der Waals surface area contributed by atoms with E-state index in [1.165, 1.54) is 13.1 Å². The van der Waals surface area contributed by atoms with E-state index < -0.39 is 0 Å². The van der Waals surface area contributed by atoms with Gasteiger partial charge in [-0.2, -0.15) is 0 Å². The molecule has 0 radical (unpaired) electrons. The van der Waals surface area contributed by atoms with Crippen molar-refractivity contribution in [3.05, 3.63) is 0 Å². The van der Waals surface area contributed by atoms with Gasteiger partial charge in [-0.25, -0.2) is 0 Å². The summed E-state index contributed by atoms with van der Waals surface area (Å²) in [5.74, 6) is 1.84. The van der Waals surface area contributed by atoms with Crippen LogP contribution >= 0.6 is 0 Å². The maximum Gasteiger partial charge on any atom is 0.0731 e. The summed E-state index contributed by atoms with van der Waals surface area (Å²) in [6, 6.07) is 0.940. The predicted octanol–water partition coefficient (Wildman–Crippen LogP) is 0.231. The lowest BCUT2D eigenvalue weighted by Gasteiger charge is -2.25. The molecule has 2 N–H and O–H groups in total. The fourth-order valence-corrected chi connectivity index (χ4v) is 3.43. The SMILES string of the molecule is CO[C@H](CCN(C)[C@H]1[C@@H]2CN(C)C[C@@H]21)C(C)N. The van der Waals surface area contributed by atoms with Crippen LogP contribution in [0.3, 0.4) is 0 Å². The van der Waals surface area contributed by atoms with E-state index in [4.69, 9.17) is 10.5 Å². The second-order valence-corrected chi connectivity index (χ2v) is 5.94. The smallest absolute Gasteiger partial charge is 0.0731 e. The molecule has 2 aliphatic rings. The van der Waals surface area contributed by atoms with Crippen LogP contribution in [0.25, 0.3) is 0 Å². The third kappa shape index (κ3) is 2.81. The van der Waals surface area contributed by atoms with Gasteiger partial charge in [-0.3, -0.25) is 0 Å². The number of ether oxygens (including phenoxy) is 1. The Morgan fingerprint density at radius 3 is 2.47 bits per heavy atom. The topological polar surface area (TPSA) is 41.7 Å². The Kier molecular flexibility index (Phi) is 4.08. The molecule has 0 amide bonds. The number of rotatable bonds is 6. The first-order chi connectivity index (χ1) is 8.04. The average molecular weight is 241 g/mol. The van der Waals surface area contributed by atoms with Gasteiger partial charge in [0.15, 0.2) is 0 Å². The molecule has 0 bridgehead atoms. The number of fused-ring (bicyclic) bond motifs is 1. The summed E-state index contributed by atoms with van der Waals surface area (Å²) in [5.41, 5.74) is 5.89. The molecule has 1 saturated heterocycles. The summed E-state index contributed by atoms with van der Waals surface area (Å²) in [6.45, 7) is 5.68. The highest BCUT2D eigenvalue weighted by Gasteiger charge is 2.56. The van der Waals surface area contributed by atoms with Gasteiger partial charge in [-0.1, -0.05) is 0 Å². The second-order valence-electron chi connectivity index (χ2n) is 5.94. The summed E-state index contributed by atoms with van der Waals surface area (Å²) < 4.78 is 5.41. The van der Waals surface area contributed by atoms with Crippen molar-refractivity contribution in [3.8, 4) is 0 Å². The monoisotopic (exact) mass is 241 g/mol. The van der Waals surface area contributed by atoms with Gasteiger partial charge in [0.25, 0.3) is 0 Å². The first-order valence-corrected chi connectivity index (χ1v) is 6.71. The van der Waals surface area contributed by atoms with E-state index in [-0.39, 0.29) is 12.1 Å². The molecule has 1 saturated carbocycles. The molecule has 0 aromatic heterocycles. The highest BCUT2D eigenvalue weighted by atomic mass is 16.5. The zero-order valence-electron chi connectivity index (χ0n) is 11.6. The lowest BCUT2D eigenvalue weighted by molar-refractivity contribution is 0.0676. The lowest BCUT2D eigenvalue weighted by Crippen LogP contribution is -2.38. The minimum Gasteiger partial charge on any atom is -0.380 e. The number of hydrogen-bond acceptors (Lipinski definition) is 4. The van der Waals surface area contributed by atoms with Gasteiger partial charge in [0.2, 0.25) is 0 Å². The number of nitrogens with zero attached hydrogens (tertiary/aromatic N) is 2. The third-order valence-corrected chi connectivity index (χ3v) is 4.50. The van der Waals surface area contributed by atoms with Crippen LogP contribution in [0.5, 0.6) is 0 Å². The van der Waals surface area contributed by atoms with Gasteiger partial charge in [0, 0.05) is 38.8 Å². The Bertz CT molecular complexity index is 247. The van der Waals surface area contributed by atoms with Gasteiger partial charge in [-0.05, 0) is 39.3 Å². The van der Waals surface area contributed by atoms with Crippen molar-refractivity contribution in [3.63, 3.8) is 0 Å². The first kappa shape index (κ1) is 13.3. The Balaban J connectivity index is 1.71. The Labute approximate surface area is 105 Å². The molecule has 1 aliphatic heterocycles. The molecule has 1 unspecified atom stereocenters. The summed E-state index contributed by atoms with van der Waals surface area (Å²) in [6.07, 6.45) is 1.23. The quantitative estimate of drug-likeness (QED) is 0.723. The van der Waals surface area contributed by atoms with E-state index in [9.17, 15) is 0 Å². The molecule has 100 valence electrons. The normalized spacial score (nSPS) is 36.0. The van der Waals surface area contributed by atoms with E-state index in [0.717, 1.165) is 30.8 Å². The molecule has 0 spiro atoms. The van der Waals surface area contributed by atoms with Crippen LogP contribution in [0, 0.1) is 11.8 Å². The maximum absolute atomic E-state index is 5.89. The zero-order valence-corrected chi connectivity index (χ0v) is 11.6. The number of methoxy groups -OCH3 is 1. The maximum atomic E-state index is 5.89. The van der Waals surface area contributed by atoms with Gasteiger partial charge in [-0.15, -0.1) is 0 Å². The van der Waals surface area contributed by atoms with Crippen LogP contribution < -0.4 is 5.73 Å². The van der Waals surface area contributed by atoms with Crippen molar-refractivity contribution in [1.29, 1.82) is 0 Å². The molecule has 2 rings (SSSR count). The molecular formula is C13H27N3O. The molecule has 1 heterocycles. The van der Waals surface area contributed by atoms with Crippen LogP contribution in [0.1, 0.15) is 13.3 Å². The van der Waals surface area contributed by atoms with E-state index in [0.29, 0.717) is 0 Å². The van der Waals surface area contributed by atoms with Crippen LogP contribution in [-0.4, -0.2) is 68.8 Å². The van der Waals surface area contributed by atoms with Crippen LogP contribution in [0.15, 0.2) is 0 Å². The van der Waals surface area contributed by atoms with Gasteiger partial charge in [0.1, 0.15) is 0 Å². The highest BCUT2D eigenvalue weighted by molar-refractivity contribution is 5.09. The Hall–Kier alpha value is -0.160. The van der Waals surface area contributed by atoms with Crippen LogP contribution in [0.2, 0.25) is 0 Å². The largest absolute Gasteiger partial charge is 0.380 e. The zero-order chi connectivity index (χ0) is 12.6. The van der Waals surface area contributed by atoms with Gasteiger partial charge in [0.05, 0.1) is 6.10 Å².